The molecule has 6 nitrogen and oxygen atoms in total. The molecule has 0 aliphatic heterocycles. The summed E-state index contributed by atoms with van der Waals surface area (Å²) in [6.45, 7) is 4.27. The Morgan fingerprint density at radius 2 is 1.59 bits per heavy atom. The van der Waals surface area contributed by atoms with Crippen molar-refractivity contribution in [2.75, 3.05) is 20.8 Å². The van der Waals surface area contributed by atoms with Crippen LogP contribution in [0.3, 0.4) is 0 Å². The van der Waals surface area contributed by atoms with Crippen LogP contribution in [0.2, 0.25) is 0 Å². The van der Waals surface area contributed by atoms with Gasteiger partial charge in [-0.3, -0.25) is 9.59 Å². The number of esters is 1. The van der Waals surface area contributed by atoms with Crippen LogP contribution in [-0.2, 0) is 14.1 Å². The molecule has 0 bridgehead atoms. The molecule has 0 N–H and O–H groups in total. The predicted molar refractivity (Wildman–Crippen MR) is 106 cm³/mol. The monoisotopic (exact) mass is 397 g/mol. The van der Waals surface area contributed by atoms with E-state index in [1.165, 1.54) is 23.3 Å². The minimum Gasteiger partial charge on any atom is -0.496 e. The first kappa shape index (κ1) is 23.1. The van der Waals surface area contributed by atoms with Gasteiger partial charge in [-0.2, -0.15) is 0 Å². The van der Waals surface area contributed by atoms with Crippen LogP contribution in [-0.4, -0.2) is 32.6 Å². The lowest BCUT2D eigenvalue weighted by atomic mass is 9.84. The molecule has 1 aromatic carbocycles. The molecule has 27 heavy (non-hydrogen) atoms. The van der Waals surface area contributed by atoms with Gasteiger partial charge in [0.1, 0.15) is 23.0 Å². The summed E-state index contributed by atoms with van der Waals surface area (Å²) in [5, 5.41) is 0. The van der Waals surface area contributed by atoms with Crippen LogP contribution in [0.1, 0.15) is 49.9 Å². The summed E-state index contributed by atoms with van der Waals surface area (Å²) in [6, 6.07) is 5.18. The molecule has 1 aliphatic carbocycles. The van der Waals surface area contributed by atoms with Gasteiger partial charge in [0.2, 0.25) is 0 Å². The molecule has 0 amide bonds. The van der Waals surface area contributed by atoms with Crippen molar-refractivity contribution in [2.24, 2.45) is 17.8 Å². The molecule has 2 atom stereocenters. The molecular formula is C20H30O6P+. The van der Waals surface area contributed by atoms with Crippen molar-refractivity contribution in [3.05, 3.63) is 23.8 Å². The van der Waals surface area contributed by atoms with Crippen LogP contribution in [0.5, 0.6) is 11.5 Å². The Hall–Kier alpha value is -1.94. The molecule has 1 fully saturated rings. The topological polar surface area (TPSA) is 78.9 Å². The van der Waals surface area contributed by atoms with Crippen LogP contribution in [0.25, 0.3) is 0 Å². The van der Waals surface area contributed by atoms with Crippen LogP contribution in [0.15, 0.2) is 18.2 Å². The Bertz CT molecular complexity index is 603. The Morgan fingerprint density at radius 1 is 1.07 bits per heavy atom. The largest absolute Gasteiger partial charge is 0.496 e. The molecule has 0 saturated heterocycles. The third-order valence-electron chi connectivity index (χ3n) is 4.64. The van der Waals surface area contributed by atoms with Crippen molar-refractivity contribution < 1.29 is 28.4 Å². The average Bonchev–Trinajstić information content (AvgIpc) is 3.21. The number of carbonyl (C=O) groups is 2. The second-order valence-corrected chi connectivity index (χ2v) is 6.95. The number of carbonyl (C=O) groups excluding carboxylic acids is 2. The highest BCUT2D eigenvalue weighted by Crippen LogP contribution is 2.38. The van der Waals surface area contributed by atoms with E-state index in [0.29, 0.717) is 23.7 Å². The SMILES string of the molecule is COc1cccc(OC)c1C(=O)C(C(=O)OCC(C)C)C1CCCC1.O=[PH2+]. The van der Waals surface area contributed by atoms with E-state index >= 15 is 0 Å². The number of ketones is 1. The number of ether oxygens (including phenoxy) is 3. The Morgan fingerprint density at radius 3 is 2.04 bits per heavy atom. The standard InChI is InChI=1S/C20H28O5.H2OP/c1-13(2)12-25-20(22)17(14-8-5-6-9-14)19(21)18-15(23-3)10-7-11-16(18)24-4;1-2/h7,10-11,13-14,17H,5-6,8-9,12H2,1-4H3;2H2/q;+1. The maximum absolute atomic E-state index is 13.3. The van der Waals surface area contributed by atoms with Crippen LogP contribution >= 0.6 is 9.12 Å². The van der Waals surface area contributed by atoms with Gasteiger partial charge in [0.05, 0.1) is 20.8 Å². The van der Waals surface area contributed by atoms with Crippen molar-refractivity contribution in [2.45, 2.75) is 39.5 Å². The summed E-state index contributed by atoms with van der Waals surface area (Å²) < 4.78 is 24.3. The number of rotatable bonds is 8. The molecule has 2 rings (SSSR count). The molecule has 2 unspecified atom stereocenters. The molecule has 150 valence electrons. The number of Topliss-reactive ketones (excluding diaryl/α,β-unsaturated/α-hetero) is 1. The van der Waals surface area contributed by atoms with E-state index < -0.39 is 11.9 Å². The fourth-order valence-corrected chi connectivity index (χ4v) is 3.39. The highest BCUT2D eigenvalue weighted by molar-refractivity contribution is 7.00. The van der Waals surface area contributed by atoms with Gasteiger partial charge in [0.25, 0.3) is 0 Å². The van der Waals surface area contributed by atoms with Gasteiger partial charge in [-0.25, -0.2) is 0 Å². The summed E-state index contributed by atoms with van der Waals surface area (Å²) in [5.41, 5.74) is 0.325. The fraction of sp³-hybridized carbons (Fsp3) is 0.600. The molecule has 7 heteroatoms. The minimum atomic E-state index is -0.800. The lowest BCUT2D eigenvalue weighted by molar-refractivity contribution is -0.149. The molecule has 0 spiro atoms. The number of hydrogen-bond acceptors (Lipinski definition) is 6. The van der Waals surface area contributed by atoms with Gasteiger partial charge < -0.3 is 14.2 Å². The summed E-state index contributed by atoms with van der Waals surface area (Å²) in [7, 11) is 4.18. The molecule has 1 saturated carbocycles. The van der Waals surface area contributed by atoms with Crippen molar-refractivity contribution in [3.63, 3.8) is 0 Å². The van der Waals surface area contributed by atoms with Gasteiger partial charge >= 0.3 is 15.1 Å². The Balaban J connectivity index is 0.00000176. The van der Waals surface area contributed by atoms with Crippen molar-refractivity contribution in [1.82, 2.24) is 0 Å². The van der Waals surface area contributed by atoms with Gasteiger partial charge in [-0.05, 0) is 36.8 Å². The normalized spacial score (nSPS) is 14.9. The van der Waals surface area contributed by atoms with Gasteiger partial charge in [0.15, 0.2) is 5.78 Å². The van der Waals surface area contributed by atoms with Crippen LogP contribution in [0, 0.1) is 17.8 Å². The first-order chi connectivity index (χ1) is 13.0. The zero-order chi connectivity index (χ0) is 20.4. The maximum Gasteiger partial charge on any atom is 0.317 e. The highest BCUT2D eigenvalue weighted by Gasteiger charge is 2.40. The molecular weight excluding hydrogens is 367 g/mol. The van der Waals surface area contributed by atoms with E-state index in [-0.39, 0.29) is 17.6 Å². The lowest BCUT2D eigenvalue weighted by Crippen LogP contribution is -2.33. The summed E-state index contributed by atoms with van der Waals surface area (Å²) in [5.74, 6) is -0.418. The minimum absolute atomic E-state index is 0.0155. The van der Waals surface area contributed by atoms with Crippen LogP contribution < -0.4 is 9.47 Å². The van der Waals surface area contributed by atoms with E-state index in [0.717, 1.165) is 25.7 Å². The van der Waals surface area contributed by atoms with E-state index in [9.17, 15) is 9.59 Å². The van der Waals surface area contributed by atoms with Gasteiger partial charge in [-0.1, -0.05) is 37.3 Å². The van der Waals surface area contributed by atoms with Crippen LogP contribution in [0.4, 0.5) is 0 Å². The number of benzene rings is 1. The zero-order valence-corrected chi connectivity index (χ0v) is 17.7. The smallest absolute Gasteiger partial charge is 0.317 e. The first-order valence-corrected chi connectivity index (χ1v) is 9.62. The molecule has 1 aromatic rings. The van der Waals surface area contributed by atoms with E-state index in [2.05, 4.69) is 0 Å². The zero-order valence-electron chi connectivity index (χ0n) is 16.5. The first-order valence-electron chi connectivity index (χ1n) is 9.15. The molecule has 1 aliphatic rings. The quantitative estimate of drug-likeness (QED) is 0.284. The Labute approximate surface area is 163 Å². The third-order valence-corrected chi connectivity index (χ3v) is 4.64. The lowest BCUT2D eigenvalue weighted by Gasteiger charge is -2.23. The van der Waals surface area contributed by atoms with E-state index in [1.54, 1.807) is 18.2 Å². The Kier molecular flexibility index (Phi) is 10.0. The summed E-state index contributed by atoms with van der Waals surface area (Å²) in [6.07, 6.45) is 3.80. The second kappa shape index (κ2) is 11.7. The second-order valence-electron chi connectivity index (χ2n) is 6.95. The van der Waals surface area contributed by atoms with E-state index in [4.69, 9.17) is 18.8 Å². The number of hydrogen-bond donors (Lipinski definition) is 0. The predicted octanol–water partition coefficient (Wildman–Crippen LogP) is 4.10. The highest BCUT2D eigenvalue weighted by atomic mass is 31.0. The molecule has 0 aromatic heterocycles. The average molecular weight is 397 g/mol. The van der Waals surface area contributed by atoms with E-state index in [1.807, 2.05) is 13.8 Å². The number of methoxy groups -OCH3 is 2. The van der Waals surface area contributed by atoms with Gasteiger partial charge in [-0.15, -0.1) is 0 Å². The van der Waals surface area contributed by atoms with Crippen molar-refractivity contribution in [1.29, 1.82) is 0 Å². The van der Waals surface area contributed by atoms with Crippen molar-refractivity contribution in [3.8, 4) is 11.5 Å². The summed E-state index contributed by atoms with van der Waals surface area (Å²) in [4.78, 5) is 26.0. The van der Waals surface area contributed by atoms with Crippen molar-refractivity contribution >= 4 is 20.9 Å². The molecule has 0 heterocycles. The maximum atomic E-state index is 13.3. The van der Waals surface area contributed by atoms with Gasteiger partial charge in [0, 0.05) is 0 Å². The fourth-order valence-electron chi connectivity index (χ4n) is 3.39. The summed E-state index contributed by atoms with van der Waals surface area (Å²) >= 11 is 0. The molecule has 0 radical (unpaired) electrons. The third kappa shape index (κ3) is 6.03.